The van der Waals surface area contributed by atoms with Gasteiger partial charge in [-0.05, 0) is 25.6 Å². The van der Waals surface area contributed by atoms with Crippen molar-refractivity contribution in [2.45, 2.75) is 19.9 Å². The molecule has 2 heterocycles. The van der Waals surface area contributed by atoms with Crippen LogP contribution in [0.1, 0.15) is 25.5 Å². The standard InChI is InChI=1S/C21H30N4O5/c1-5-24-9-11-25(12-10-24)21-22-18(17(19(26)23-21)20(27)30-6-2)15-8-7-14(28-3)13-16(15)29-4/h7-8,13,17-18H,5-6,9-12H2,1-4H3,(H,22,23,26). The van der Waals surface area contributed by atoms with Crippen LogP contribution in [-0.4, -0.2) is 81.2 Å². The van der Waals surface area contributed by atoms with Gasteiger partial charge in [0, 0.05) is 37.8 Å². The van der Waals surface area contributed by atoms with Gasteiger partial charge in [0.25, 0.3) is 0 Å². The molecular weight excluding hydrogens is 388 g/mol. The number of amides is 1. The lowest BCUT2D eigenvalue weighted by Crippen LogP contribution is -2.57. The third-order valence-electron chi connectivity index (χ3n) is 5.51. The second-order valence-corrected chi connectivity index (χ2v) is 7.15. The predicted octanol–water partition coefficient (Wildman–Crippen LogP) is 1.05. The van der Waals surface area contributed by atoms with Gasteiger partial charge in [0.05, 0.1) is 20.8 Å². The second kappa shape index (κ2) is 9.80. The highest BCUT2D eigenvalue weighted by molar-refractivity contribution is 6.08. The van der Waals surface area contributed by atoms with Gasteiger partial charge in [-0.15, -0.1) is 0 Å². The molecule has 1 saturated heterocycles. The number of hydrogen-bond acceptors (Lipinski definition) is 8. The topological polar surface area (TPSA) is 92.7 Å². The summed E-state index contributed by atoms with van der Waals surface area (Å²) in [4.78, 5) is 34.8. The van der Waals surface area contributed by atoms with Gasteiger partial charge in [-0.3, -0.25) is 14.9 Å². The number of benzene rings is 1. The highest BCUT2D eigenvalue weighted by atomic mass is 16.5. The Morgan fingerprint density at radius 3 is 2.50 bits per heavy atom. The lowest BCUT2D eigenvalue weighted by atomic mass is 9.90. The van der Waals surface area contributed by atoms with E-state index >= 15 is 0 Å². The SMILES string of the molecule is CCOC(=O)C1C(=O)NC(N2CCN(CC)CC2)=NC1c1ccc(OC)cc1OC. The summed E-state index contributed by atoms with van der Waals surface area (Å²) in [5, 5.41) is 2.82. The molecule has 1 aromatic carbocycles. The molecule has 0 bridgehead atoms. The number of nitrogens with one attached hydrogen (secondary N) is 1. The van der Waals surface area contributed by atoms with Gasteiger partial charge < -0.3 is 24.0 Å². The molecule has 9 heteroatoms. The number of esters is 1. The van der Waals surface area contributed by atoms with Crippen molar-refractivity contribution in [3.8, 4) is 11.5 Å². The molecule has 30 heavy (non-hydrogen) atoms. The van der Waals surface area contributed by atoms with Crippen LogP contribution in [-0.2, 0) is 14.3 Å². The molecule has 9 nitrogen and oxygen atoms in total. The summed E-state index contributed by atoms with van der Waals surface area (Å²) in [5.41, 5.74) is 0.635. The summed E-state index contributed by atoms with van der Waals surface area (Å²) in [7, 11) is 3.10. The van der Waals surface area contributed by atoms with Crippen molar-refractivity contribution in [2.24, 2.45) is 10.9 Å². The van der Waals surface area contributed by atoms with Crippen LogP contribution in [0.15, 0.2) is 23.2 Å². The Bertz CT molecular complexity index is 805. The van der Waals surface area contributed by atoms with E-state index in [1.165, 1.54) is 7.11 Å². The molecule has 0 aliphatic carbocycles. The molecule has 0 spiro atoms. The monoisotopic (exact) mass is 418 g/mol. The fourth-order valence-corrected chi connectivity index (χ4v) is 3.79. The largest absolute Gasteiger partial charge is 0.497 e. The van der Waals surface area contributed by atoms with Crippen LogP contribution in [0.5, 0.6) is 11.5 Å². The molecule has 164 valence electrons. The summed E-state index contributed by atoms with van der Waals surface area (Å²) in [6.45, 7) is 8.31. The van der Waals surface area contributed by atoms with E-state index in [0.29, 0.717) is 23.0 Å². The van der Waals surface area contributed by atoms with Gasteiger partial charge in [-0.2, -0.15) is 0 Å². The van der Waals surface area contributed by atoms with Crippen molar-refractivity contribution in [3.63, 3.8) is 0 Å². The zero-order valence-electron chi connectivity index (χ0n) is 18.0. The first-order valence-electron chi connectivity index (χ1n) is 10.3. The molecular formula is C21H30N4O5. The first-order chi connectivity index (χ1) is 14.5. The summed E-state index contributed by atoms with van der Waals surface area (Å²) in [6.07, 6.45) is 0. The third-order valence-corrected chi connectivity index (χ3v) is 5.51. The third kappa shape index (κ3) is 4.51. The first kappa shape index (κ1) is 21.9. The van der Waals surface area contributed by atoms with E-state index in [0.717, 1.165) is 32.7 Å². The van der Waals surface area contributed by atoms with E-state index in [1.807, 2.05) is 0 Å². The van der Waals surface area contributed by atoms with Crippen LogP contribution in [0, 0.1) is 5.92 Å². The zero-order chi connectivity index (χ0) is 21.7. The number of carbonyl (C=O) groups excluding carboxylic acids is 2. The Balaban J connectivity index is 1.99. The Hall–Kier alpha value is -2.81. The highest BCUT2D eigenvalue weighted by Gasteiger charge is 2.43. The Morgan fingerprint density at radius 1 is 1.17 bits per heavy atom. The molecule has 2 atom stereocenters. The zero-order valence-corrected chi connectivity index (χ0v) is 18.0. The number of aliphatic imine (C=N–C) groups is 1. The molecule has 1 fully saturated rings. The molecule has 1 aromatic rings. The molecule has 2 aliphatic rings. The number of rotatable bonds is 6. The van der Waals surface area contributed by atoms with Crippen LogP contribution in [0.3, 0.4) is 0 Å². The summed E-state index contributed by atoms with van der Waals surface area (Å²) < 4.78 is 16.0. The van der Waals surface area contributed by atoms with Gasteiger partial charge in [-0.1, -0.05) is 6.92 Å². The number of carbonyl (C=O) groups is 2. The maximum absolute atomic E-state index is 13.0. The van der Waals surface area contributed by atoms with Crippen molar-refractivity contribution >= 4 is 17.8 Å². The number of piperazine rings is 1. The van der Waals surface area contributed by atoms with Gasteiger partial charge in [0.15, 0.2) is 5.92 Å². The molecule has 3 rings (SSSR count). The molecule has 0 saturated carbocycles. The maximum Gasteiger partial charge on any atom is 0.321 e. The van der Waals surface area contributed by atoms with Crippen molar-refractivity contribution in [1.82, 2.24) is 15.1 Å². The van der Waals surface area contributed by atoms with Crippen LogP contribution in [0.25, 0.3) is 0 Å². The quantitative estimate of drug-likeness (QED) is 0.545. The van der Waals surface area contributed by atoms with Gasteiger partial charge in [-0.25, -0.2) is 4.99 Å². The summed E-state index contributed by atoms with van der Waals surface area (Å²) >= 11 is 0. The van der Waals surface area contributed by atoms with Crippen LogP contribution >= 0.6 is 0 Å². The lowest BCUT2D eigenvalue weighted by Gasteiger charge is -2.38. The Morgan fingerprint density at radius 2 is 1.90 bits per heavy atom. The van der Waals surface area contributed by atoms with E-state index in [9.17, 15) is 9.59 Å². The second-order valence-electron chi connectivity index (χ2n) is 7.15. The smallest absolute Gasteiger partial charge is 0.321 e. The van der Waals surface area contributed by atoms with Crippen molar-refractivity contribution in [1.29, 1.82) is 0 Å². The van der Waals surface area contributed by atoms with Gasteiger partial charge in [0.2, 0.25) is 11.9 Å². The van der Waals surface area contributed by atoms with Crippen molar-refractivity contribution < 1.29 is 23.8 Å². The molecule has 1 amide bonds. The highest BCUT2D eigenvalue weighted by Crippen LogP contribution is 2.38. The average Bonchev–Trinajstić information content (AvgIpc) is 2.78. The van der Waals surface area contributed by atoms with Crippen LogP contribution in [0.2, 0.25) is 0 Å². The molecule has 0 radical (unpaired) electrons. The molecule has 2 aliphatic heterocycles. The number of ether oxygens (including phenoxy) is 3. The molecule has 2 unspecified atom stereocenters. The minimum atomic E-state index is -1.09. The van der Waals surface area contributed by atoms with E-state index in [4.69, 9.17) is 19.2 Å². The predicted molar refractivity (Wildman–Crippen MR) is 112 cm³/mol. The fraction of sp³-hybridized carbons (Fsp3) is 0.571. The van der Waals surface area contributed by atoms with E-state index in [-0.39, 0.29) is 6.61 Å². The van der Waals surface area contributed by atoms with Crippen LogP contribution in [0.4, 0.5) is 0 Å². The minimum Gasteiger partial charge on any atom is -0.497 e. The fourth-order valence-electron chi connectivity index (χ4n) is 3.79. The van der Waals surface area contributed by atoms with E-state index in [1.54, 1.807) is 32.2 Å². The number of hydrogen-bond donors (Lipinski definition) is 1. The number of likely N-dealkylation sites (N-methyl/N-ethyl adjacent to an activating group) is 1. The lowest BCUT2D eigenvalue weighted by molar-refractivity contribution is -0.153. The summed E-state index contributed by atoms with van der Waals surface area (Å²) in [5.74, 6) is -0.506. The van der Waals surface area contributed by atoms with Crippen LogP contribution < -0.4 is 14.8 Å². The molecule has 1 N–H and O–H groups in total. The molecule has 0 aromatic heterocycles. The summed E-state index contributed by atoms with van der Waals surface area (Å²) in [6, 6.07) is 4.52. The maximum atomic E-state index is 13.0. The normalized spacial score (nSPS) is 22.2. The van der Waals surface area contributed by atoms with Gasteiger partial charge in [0.1, 0.15) is 17.5 Å². The number of guanidine groups is 1. The van der Waals surface area contributed by atoms with E-state index < -0.39 is 23.8 Å². The average molecular weight is 418 g/mol. The van der Waals surface area contributed by atoms with E-state index in [2.05, 4.69) is 22.0 Å². The minimum absolute atomic E-state index is 0.185. The van der Waals surface area contributed by atoms with Crippen molar-refractivity contribution in [3.05, 3.63) is 23.8 Å². The number of methoxy groups -OCH3 is 2. The van der Waals surface area contributed by atoms with Gasteiger partial charge >= 0.3 is 5.97 Å². The number of nitrogens with zero attached hydrogens (tertiary/aromatic N) is 3. The van der Waals surface area contributed by atoms with Crippen molar-refractivity contribution in [2.75, 3.05) is 53.6 Å². The Labute approximate surface area is 177 Å². The Kier molecular flexibility index (Phi) is 7.15. The first-order valence-corrected chi connectivity index (χ1v) is 10.3.